The zero-order valence-electron chi connectivity index (χ0n) is 7.14. The van der Waals surface area contributed by atoms with Crippen LogP contribution in [0.15, 0.2) is 12.7 Å². The maximum atomic E-state index is 5.96. The smallest absolute Gasteiger partial charge is 0.220 e. The molecule has 0 aliphatic rings. The SMILES string of the molecule is C=CCn1c(Cl)c(Cl)[n+](C)c1C. The summed E-state index contributed by atoms with van der Waals surface area (Å²) in [6.07, 6.45) is 1.79. The lowest BCUT2D eigenvalue weighted by Gasteiger charge is -1.92. The minimum absolute atomic E-state index is 0.566. The van der Waals surface area contributed by atoms with Gasteiger partial charge >= 0.3 is 0 Å². The van der Waals surface area contributed by atoms with Crippen molar-refractivity contribution in [1.82, 2.24) is 4.57 Å². The minimum atomic E-state index is 0.566. The van der Waals surface area contributed by atoms with E-state index in [-0.39, 0.29) is 0 Å². The summed E-state index contributed by atoms with van der Waals surface area (Å²) >= 11 is 11.9. The van der Waals surface area contributed by atoms with E-state index in [0.717, 1.165) is 5.82 Å². The van der Waals surface area contributed by atoms with Gasteiger partial charge in [-0.2, -0.15) is 0 Å². The molecule has 12 heavy (non-hydrogen) atoms. The Balaban J connectivity index is 3.27. The average Bonchev–Trinajstić information content (AvgIpc) is 2.23. The second-order valence-corrected chi connectivity index (χ2v) is 3.30. The highest BCUT2D eigenvalue weighted by atomic mass is 35.5. The van der Waals surface area contributed by atoms with E-state index in [1.807, 2.05) is 23.1 Å². The first-order chi connectivity index (χ1) is 5.59. The van der Waals surface area contributed by atoms with Crippen LogP contribution in [0.2, 0.25) is 10.3 Å². The van der Waals surface area contributed by atoms with Crippen LogP contribution in [0.4, 0.5) is 0 Å². The quantitative estimate of drug-likeness (QED) is 0.517. The molecule has 0 spiro atoms. The highest BCUT2D eigenvalue weighted by molar-refractivity contribution is 6.39. The molecular formula is C8H11Cl2N2+. The largest absolute Gasteiger partial charge is 0.255 e. The number of nitrogens with zero attached hydrogens (tertiary/aromatic N) is 2. The predicted octanol–water partition coefficient (Wildman–Crippen LogP) is 2.11. The van der Waals surface area contributed by atoms with Crippen LogP contribution in [0, 0.1) is 6.92 Å². The lowest BCUT2D eigenvalue weighted by Crippen LogP contribution is -2.31. The van der Waals surface area contributed by atoms with Crippen molar-refractivity contribution in [3.05, 3.63) is 28.8 Å². The fourth-order valence-corrected chi connectivity index (χ4v) is 1.60. The molecule has 0 radical (unpaired) electrons. The first-order valence-corrected chi connectivity index (χ1v) is 4.36. The van der Waals surface area contributed by atoms with Crippen molar-refractivity contribution in [1.29, 1.82) is 0 Å². The van der Waals surface area contributed by atoms with Crippen molar-refractivity contribution in [2.24, 2.45) is 7.05 Å². The summed E-state index contributed by atoms with van der Waals surface area (Å²) in [6, 6.07) is 0. The molecule has 1 aromatic rings. The molecule has 0 N–H and O–H groups in total. The summed E-state index contributed by atoms with van der Waals surface area (Å²) < 4.78 is 3.74. The Kier molecular flexibility index (Phi) is 2.80. The Labute approximate surface area is 82.0 Å². The summed E-state index contributed by atoms with van der Waals surface area (Å²) in [5, 5.41) is 1.13. The molecule has 0 saturated heterocycles. The van der Waals surface area contributed by atoms with Gasteiger partial charge in [0.2, 0.25) is 0 Å². The van der Waals surface area contributed by atoms with E-state index < -0.39 is 0 Å². The number of halogens is 2. The third-order valence-corrected chi connectivity index (χ3v) is 2.80. The zero-order valence-corrected chi connectivity index (χ0v) is 8.65. The van der Waals surface area contributed by atoms with Gasteiger partial charge in [0, 0.05) is 6.92 Å². The molecule has 0 atom stereocenters. The van der Waals surface area contributed by atoms with Crippen LogP contribution in [0.3, 0.4) is 0 Å². The summed E-state index contributed by atoms with van der Waals surface area (Å²) in [5.74, 6) is 1.02. The van der Waals surface area contributed by atoms with Crippen LogP contribution in [-0.4, -0.2) is 4.57 Å². The monoisotopic (exact) mass is 205 g/mol. The number of hydrogen-bond acceptors (Lipinski definition) is 0. The Bertz CT molecular complexity index is 290. The molecule has 0 aliphatic heterocycles. The molecule has 0 aromatic carbocycles. The van der Waals surface area contributed by atoms with E-state index in [4.69, 9.17) is 23.2 Å². The van der Waals surface area contributed by atoms with Gasteiger partial charge in [0.05, 0.1) is 7.05 Å². The second-order valence-electron chi connectivity index (χ2n) is 2.59. The van der Waals surface area contributed by atoms with Crippen molar-refractivity contribution in [2.75, 3.05) is 0 Å². The standard InChI is InChI=1S/C8H11Cl2N2/c1-4-5-12-6(2)11(3)7(9)8(12)10/h4H,1,5H2,2-3H3/q+1. The highest BCUT2D eigenvalue weighted by Crippen LogP contribution is 2.20. The summed E-state index contributed by atoms with van der Waals surface area (Å²) in [6.45, 7) is 6.29. The topological polar surface area (TPSA) is 8.81 Å². The predicted molar refractivity (Wildman–Crippen MR) is 50.6 cm³/mol. The van der Waals surface area contributed by atoms with Gasteiger partial charge in [0.25, 0.3) is 16.1 Å². The third kappa shape index (κ3) is 1.37. The van der Waals surface area contributed by atoms with Gasteiger partial charge in [0.15, 0.2) is 0 Å². The van der Waals surface area contributed by atoms with Gasteiger partial charge in [-0.05, 0) is 23.2 Å². The van der Waals surface area contributed by atoms with Crippen LogP contribution in [0.25, 0.3) is 0 Å². The van der Waals surface area contributed by atoms with Gasteiger partial charge in [-0.3, -0.25) is 0 Å². The first-order valence-electron chi connectivity index (χ1n) is 3.60. The molecule has 1 heterocycles. The van der Waals surface area contributed by atoms with Crippen LogP contribution in [0.5, 0.6) is 0 Å². The molecule has 0 bridgehead atoms. The highest BCUT2D eigenvalue weighted by Gasteiger charge is 2.21. The maximum absolute atomic E-state index is 5.96. The molecule has 0 fully saturated rings. The molecule has 1 rings (SSSR count). The van der Waals surface area contributed by atoms with Crippen LogP contribution in [0.1, 0.15) is 5.82 Å². The average molecular weight is 206 g/mol. The Morgan fingerprint density at radius 2 is 2.17 bits per heavy atom. The zero-order chi connectivity index (χ0) is 9.30. The van der Waals surface area contributed by atoms with E-state index in [1.54, 1.807) is 6.08 Å². The summed E-state index contributed by atoms with van der Waals surface area (Å²) in [5.41, 5.74) is 0. The van der Waals surface area contributed by atoms with Crippen LogP contribution < -0.4 is 4.57 Å². The summed E-state index contributed by atoms with van der Waals surface area (Å²) in [4.78, 5) is 0. The van der Waals surface area contributed by atoms with Crippen molar-refractivity contribution in [2.45, 2.75) is 13.5 Å². The Hall–Kier alpha value is -0.470. The molecule has 1 aromatic heterocycles. The van der Waals surface area contributed by atoms with Crippen molar-refractivity contribution in [3.8, 4) is 0 Å². The molecular weight excluding hydrogens is 195 g/mol. The van der Waals surface area contributed by atoms with Crippen molar-refractivity contribution in [3.63, 3.8) is 0 Å². The number of allylic oxidation sites excluding steroid dienone is 1. The molecule has 2 nitrogen and oxygen atoms in total. The van der Waals surface area contributed by atoms with E-state index in [9.17, 15) is 0 Å². The Morgan fingerprint density at radius 3 is 2.50 bits per heavy atom. The molecule has 4 heteroatoms. The van der Waals surface area contributed by atoms with E-state index in [0.29, 0.717) is 16.9 Å². The van der Waals surface area contributed by atoms with Gasteiger partial charge in [-0.1, -0.05) is 12.7 Å². The minimum Gasteiger partial charge on any atom is -0.220 e. The molecule has 0 aliphatic carbocycles. The van der Waals surface area contributed by atoms with Gasteiger partial charge in [0.1, 0.15) is 6.54 Å². The maximum Gasteiger partial charge on any atom is 0.255 e. The molecule has 0 unspecified atom stereocenters. The Morgan fingerprint density at radius 1 is 1.58 bits per heavy atom. The van der Waals surface area contributed by atoms with Gasteiger partial charge < -0.3 is 0 Å². The lowest BCUT2D eigenvalue weighted by atomic mass is 10.5. The molecule has 66 valence electrons. The van der Waals surface area contributed by atoms with E-state index >= 15 is 0 Å². The van der Waals surface area contributed by atoms with Crippen molar-refractivity contribution >= 4 is 23.2 Å². The molecule has 0 amide bonds. The van der Waals surface area contributed by atoms with Gasteiger partial charge in [-0.15, -0.1) is 0 Å². The third-order valence-electron chi connectivity index (χ3n) is 1.89. The fraction of sp³-hybridized carbons (Fsp3) is 0.375. The lowest BCUT2D eigenvalue weighted by molar-refractivity contribution is -0.675. The number of aromatic nitrogens is 2. The molecule has 0 saturated carbocycles. The normalized spacial score (nSPS) is 10.3. The number of rotatable bonds is 2. The first kappa shape index (κ1) is 9.62. The van der Waals surface area contributed by atoms with E-state index in [2.05, 4.69) is 6.58 Å². The second kappa shape index (κ2) is 3.50. The van der Waals surface area contributed by atoms with Crippen LogP contribution in [-0.2, 0) is 13.6 Å². The number of hydrogen-bond donors (Lipinski definition) is 0. The van der Waals surface area contributed by atoms with Crippen molar-refractivity contribution < 1.29 is 4.57 Å². The van der Waals surface area contributed by atoms with Gasteiger partial charge in [-0.25, -0.2) is 9.13 Å². The number of imidazole rings is 1. The summed E-state index contributed by atoms with van der Waals surface area (Å²) in [7, 11) is 1.88. The van der Waals surface area contributed by atoms with Crippen LogP contribution >= 0.6 is 23.2 Å². The fourth-order valence-electron chi connectivity index (χ4n) is 1.06. The van der Waals surface area contributed by atoms with E-state index in [1.165, 1.54) is 0 Å².